The first-order valence-corrected chi connectivity index (χ1v) is 7.32. The van der Waals surface area contributed by atoms with E-state index in [0.717, 1.165) is 17.1 Å². The van der Waals surface area contributed by atoms with E-state index in [2.05, 4.69) is 10.3 Å². The molecule has 96 valence electrons. The Kier molecular flexibility index (Phi) is 3.33. The lowest BCUT2D eigenvalue weighted by Crippen LogP contribution is -2.32. The quantitative estimate of drug-likeness (QED) is 0.834. The minimum Gasteiger partial charge on any atom is -0.301 e. The van der Waals surface area contributed by atoms with Gasteiger partial charge in [0.05, 0.1) is 10.2 Å². The summed E-state index contributed by atoms with van der Waals surface area (Å²) in [6.07, 6.45) is 0. The van der Waals surface area contributed by atoms with Crippen LogP contribution in [-0.2, 0) is 14.9 Å². The van der Waals surface area contributed by atoms with Crippen molar-refractivity contribution in [1.29, 1.82) is 0 Å². The van der Waals surface area contributed by atoms with Crippen molar-refractivity contribution < 1.29 is 17.8 Å². The zero-order valence-electron chi connectivity index (χ0n) is 9.32. The number of fused-ring (bicyclic) bond motifs is 1. The van der Waals surface area contributed by atoms with Crippen LogP contribution in [0.3, 0.4) is 0 Å². The number of amides is 1. The molecule has 1 amide bonds. The lowest BCUT2D eigenvalue weighted by Gasteiger charge is -2.06. The second kappa shape index (κ2) is 4.63. The molecule has 0 aliphatic carbocycles. The van der Waals surface area contributed by atoms with Crippen molar-refractivity contribution in [3.63, 3.8) is 0 Å². The Bertz CT molecular complexity index is 660. The Hall–Kier alpha value is -1.51. The van der Waals surface area contributed by atoms with Gasteiger partial charge in [-0.15, -0.1) is 0 Å². The summed E-state index contributed by atoms with van der Waals surface area (Å²) in [6, 6.07) is 7.28. The smallest absolute Gasteiger partial charge is 0.276 e. The van der Waals surface area contributed by atoms with Crippen molar-refractivity contribution >= 4 is 42.7 Å². The average molecular weight is 286 g/mol. The van der Waals surface area contributed by atoms with Gasteiger partial charge in [-0.1, -0.05) is 23.5 Å². The second-order valence-corrected chi connectivity index (χ2v) is 6.40. The van der Waals surface area contributed by atoms with Crippen molar-refractivity contribution in [3.05, 3.63) is 24.3 Å². The van der Waals surface area contributed by atoms with Gasteiger partial charge < -0.3 is 5.32 Å². The number of carbonyl (C=O) groups excluding carboxylic acids is 1. The first-order chi connectivity index (χ1) is 8.38. The largest absolute Gasteiger partial charge is 0.301 e. The van der Waals surface area contributed by atoms with E-state index in [1.54, 1.807) is 6.07 Å². The van der Waals surface area contributed by atoms with Crippen molar-refractivity contribution in [1.82, 2.24) is 4.98 Å². The van der Waals surface area contributed by atoms with Crippen molar-refractivity contribution in [2.24, 2.45) is 0 Å². The molecule has 1 heterocycles. The molecule has 2 rings (SSSR count). The molecule has 2 N–H and O–H groups in total. The molecule has 0 bridgehead atoms. The number of thiazole rings is 1. The van der Waals surface area contributed by atoms with Crippen LogP contribution in [0.15, 0.2) is 24.3 Å². The highest BCUT2D eigenvalue weighted by molar-refractivity contribution is 7.87. The predicted molar refractivity (Wildman–Crippen MR) is 69.3 cm³/mol. The minimum absolute atomic E-state index is 0.302. The normalized spacial score (nSPS) is 13.4. The fourth-order valence-electron chi connectivity index (χ4n) is 1.27. The molecule has 1 aromatic carbocycles. The number of hydrogen-bond donors (Lipinski definition) is 2. The molecular weight excluding hydrogens is 276 g/mol. The topological polar surface area (TPSA) is 96.4 Å². The molecule has 0 saturated heterocycles. The number of nitrogens with zero attached hydrogens (tertiary/aromatic N) is 1. The van der Waals surface area contributed by atoms with Crippen LogP contribution in [0, 0.1) is 0 Å². The molecule has 1 atom stereocenters. The third kappa shape index (κ3) is 2.66. The van der Waals surface area contributed by atoms with Crippen LogP contribution in [0.4, 0.5) is 5.13 Å². The van der Waals surface area contributed by atoms with Gasteiger partial charge in [-0.25, -0.2) is 4.98 Å². The molecule has 0 aliphatic rings. The van der Waals surface area contributed by atoms with E-state index in [1.807, 2.05) is 18.2 Å². The fourth-order valence-corrected chi connectivity index (χ4v) is 2.47. The molecule has 0 aliphatic heterocycles. The summed E-state index contributed by atoms with van der Waals surface area (Å²) in [6.45, 7) is 1.11. The third-order valence-electron chi connectivity index (χ3n) is 2.34. The molecule has 0 radical (unpaired) electrons. The summed E-state index contributed by atoms with van der Waals surface area (Å²) in [5.74, 6) is -0.809. The number of rotatable bonds is 3. The van der Waals surface area contributed by atoms with Crippen LogP contribution in [0.1, 0.15) is 6.92 Å². The molecule has 8 heteroatoms. The number of carbonyl (C=O) groups is 1. The predicted octanol–water partition coefficient (Wildman–Crippen LogP) is 1.51. The zero-order valence-corrected chi connectivity index (χ0v) is 11.0. The van der Waals surface area contributed by atoms with Crippen LogP contribution >= 0.6 is 11.3 Å². The lowest BCUT2D eigenvalue weighted by atomic mass is 10.3. The number of hydrogen-bond acceptors (Lipinski definition) is 5. The Morgan fingerprint density at radius 3 is 2.72 bits per heavy atom. The van der Waals surface area contributed by atoms with E-state index in [-0.39, 0.29) is 0 Å². The van der Waals surface area contributed by atoms with Gasteiger partial charge >= 0.3 is 0 Å². The number of nitrogens with one attached hydrogen (secondary N) is 1. The molecule has 2 aromatic rings. The van der Waals surface area contributed by atoms with Gasteiger partial charge in [-0.05, 0) is 19.1 Å². The molecule has 18 heavy (non-hydrogen) atoms. The third-order valence-corrected chi connectivity index (χ3v) is 4.40. The highest BCUT2D eigenvalue weighted by Gasteiger charge is 2.26. The van der Waals surface area contributed by atoms with Crippen LogP contribution in [-0.4, -0.2) is 29.1 Å². The molecule has 6 nitrogen and oxygen atoms in total. The van der Waals surface area contributed by atoms with Gasteiger partial charge in [-0.3, -0.25) is 9.35 Å². The maximum Gasteiger partial charge on any atom is 0.276 e. The van der Waals surface area contributed by atoms with Gasteiger partial charge in [0.2, 0.25) is 5.91 Å². The fraction of sp³-hybridized carbons (Fsp3) is 0.200. The lowest BCUT2D eigenvalue weighted by molar-refractivity contribution is -0.115. The molecule has 0 spiro atoms. The van der Waals surface area contributed by atoms with Gasteiger partial charge in [0.1, 0.15) is 0 Å². The summed E-state index contributed by atoms with van der Waals surface area (Å²) in [5.41, 5.74) is 0.720. The van der Waals surface area contributed by atoms with Gasteiger partial charge in [0.25, 0.3) is 10.1 Å². The summed E-state index contributed by atoms with van der Waals surface area (Å²) in [4.78, 5) is 15.7. The maximum absolute atomic E-state index is 11.6. The van der Waals surface area contributed by atoms with E-state index >= 15 is 0 Å². The molecular formula is C10H10N2O4S2. The van der Waals surface area contributed by atoms with Gasteiger partial charge in [-0.2, -0.15) is 8.42 Å². The number of benzene rings is 1. The van der Waals surface area contributed by atoms with Crippen LogP contribution in [0.2, 0.25) is 0 Å². The van der Waals surface area contributed by atoms with Gasteiger partial charge in [0.15, 0.2) is 10.4 Å². The van der Waals surface area contributed by atoms with E-state index in [9.17, 15) is 13.2 Å². The standard InChI is InChI=1S/C10H10N2O4S2/c1-6(18(14,15)16)9(13)12-10-11-7-4-2-3-5-8(7)17-10/h2-6H,1H3,(H,11,12,13)(H,14,15,16)/t6-/m0/s1. The van der Waals surface area contributed by atoms with Crippen molar-refractivity contribution in [2.75, 3.05) is 5.32 Å². The maximum atomic E-state index is 11.6. The van der Waals surface area contributed by atoms with Crippen LogP contribution in [0.5, 0.6) is 0 Å². The highest BCUT2D eigenvalue weighted by Crippen LogP contribution is 2.25. The summed E-state index contributed by atoms with van der Waals surface area (Å²) < 4.78 is 31.3. The highest BCUT2D eigenvalue weighted by atomic mass is 32.2. The van der Waals surface area contributed by atoms with Crippen LogP contribution < -0.4 is 5.32 Å². The zero-order chi connectivity index (χ0) is 13.3. The average Bonchev–Trinajstić information content (AvgIpc) is 2.68. The Morgan fingerprint density at radius 1 is 1.44 bits per heavy atom. The van der Waals surface area contributed by atoms with E-state index < -0.39 is 21.3 Å². The Morgan fingerprint density at radius 2 is 2.11 bits per heavy atom. The molecule has 0 fully saturated rings. The first kappa shape index (κ1) is 12.9. The SMILES string of the molecule is C[C@@H](C(=O)Nc1nc2ccccc2s1)S(=O)(=O)O. The number of anilines is 1. The van der Waals surface area contributed by atoms with Gasteiger partial charge in [0, 0.05) is 0 Å². The Balaban J connectivity index is 2.22. The number of aromatic nitrogens is 1. The molecule has 0 saturated carbocycles. The van der Waals surface area contributed by atoms with E-state index in [4.69, 9.17) is 4.55 Å². The van der Waals surface area contributed by atoms with E-state index in [0.29, 0.717) is 5.13 Å². The molecule has 0 unspecified atom stereocenters. The second-order valence-electron chi connectivity index (χ2n) is 3.63. The summed E-state index contributed by atoms with van der Waals surface area (Å²) >= 11 is 1.23. The summed E-state index contributed by atoms with van der Waals surface area (Å²) in [7, 11) is -4.39. The van der Waals surface area contributed by atoms with Crippen molar-refractivity contribution in [2.45, 2.75) is 12.2 Å². The molecule has 1 aromatic heterocycles. The van der Waals surface area contributed by atoms with Crippen molar-refractivity contribution in [3.8, 4) is 0 Å². The monoisotopic (exact) mass is 286 g/mol. The van der Waals surface area contributed by atoms with Crippen LogP contribution in [0.25, 0.3) is 10.2 Å². The van der Waals surface area contributed by atoms with E-state index in [1.165, 1.54) is 11.3 Å². The minimum atomic E-state index is -4.39. The summed E-state index contributed by atoms with van der Waals surface area (Å²) in [5, 5.41) is 1.15. The first-order valence-electron chi connectivity index (χ1n) is 5.00. The number of para-hydroxylation sites is 1. The Labute approximate surface area is 107 Å².